The van der Waals surface area contributed by atoms with Gasteiger partial charge in [-0.05, 0) is 30.3 Å². The van der Waals surface area contributed by atoms with Gasteiger partial charge in [0.25, 0.3) is 0 Å². The van der Waals surface area contributed by atoms with E-state index in [9.17, 15) is 4.79 Å². The van der Waals surface area contributed by atoms with E-state index in [2.05, 4.69) is 5.32 Å². The van der Waals surface area contributed by atoms with E-state index < -0.39 is 0 Å². The highest BCUT2D eigenvalue weighted by molar-refractivity contribution is 7.17. The first-order valence-electron chi connectivity index (χ1n) is 5.56. The molecule has 5 heteroatoms. The molecule has 0 fully saturated rings. The molecule has 0 saturated heterocycles. The monoisotopic (exact) mass is 293 g/mol. The van der Waals surface area contributed by atoms with Crippen LogP contribution in [0.3, 0.4) is 0 Å². The molecule has 0 unspecified atom stereocenters. The fourth-order valence-electron chi connectivity index (χ4n) is 1.50. The summed E-state index contributed by atoms with van der Waals surface area (Å²) < 4.78 is 5.86. The third kappa shape index (κ3) is 3.84. The summed E-state index contributed by atoms with van der Waals surface area (Å²) in [4.78, 5) is 12.7. The molecule has 3 nitrogen and oxygen atoms in total. The molecule has 0 spiro atoms. The number of carbonyl (C=O) groups is 1. The van der Waals surface area contributed by atoms with Gasteiger partial charge < -0.3 is 10.1 Å². The Labute approximate surface area is 120 Å². The van der Waals surface area contributed by atoms with Gasteiger partial charge in [-0.2, -0.15) is 0 Å². The highest BCUT2D eigenvalue weighted by atomic mass is 35.5. The zero-order chi connectivity index (χ0) is 13.7. The standard InChI is InChI=1S/C14H12ClNO2S/c1-18-12-5-3-2-4-11(12)16-14(17)9-7-10-6-8-13(15)19-10/h2-9H,1H3,(H,16,17)/b9-7+. The van der Waals surface area contributed by atoms with Crippen LogP contribution in [0.1, 0.15) is 4.88 Å². The van der Waals surface area contributed by atoms with Gasteiger partial charge in [0.2, 0.25) is 5.91 Å². The number of thiophene rings is 1. The molecule has 19 heavy (non-hydrogen) atoms. The molecule has 98 valence electrons. The third-order valence-corrected chi connectivity index (χ3v) is 3.55. The molecule has 1 N–H and O–H groups in total. The van der Waals surface area contributed by atoms with E-state index in [1.807, 2.05) is 18.2 Å². The number of halogens is 1. The minimum atomic E-state index is -0.214. The first kappa shape index (κ1) is 13.6. The number of hydrogen-bond acceptors (Lipinski definition) is 3. The highest BCUT2D eigenvalue weighted by Gasteiger charge is 2.03. The van der Waals surface area contributed by atoms with Crippen molar-refractivity contribution in [1.29, 1.82) is 0 Å². The second kappa shape index (κ2) is 6.41. The van der Waals surface area contributed by atoms with Crippen LogP contribution in [0.5, 0.6) is 5.75 Å². The van der Waals surface area contributed by atoms with Gasteiger partial charge in [0.15, 0.2) is 0 Å². The molecule has 0 aliphatic heterocycles. The van der Waals surface area contributed by atoms with Crippen LogP contribution in [-0.2, 0) is 4.79 Å². The predicted molar refractivity (Wildman–Crippen MR) is 80.0 cm³/mol. The quantitative estimate of drug-likeness (QED) is 0.863. The molecule has 2 aromatic rings. The van der Waals surface area contributed by atoms with Crippen molar-refractivity contribution in [2.75, 3.05) is 12.4 Å². The number of anilines is 1. The Morgan fingerprint density at radius 3 is 2.79 bits per heavy atom. The van der Waals surface area contributed by atoms with E-state index >= 15 is 0 Å². The number of amides is 1. The lowest BCUT2D eigenvalue weighted by Crippen LogP contribution is -2.08. The summed E-state index contributed by atoms with van der Waals surface area (Å²) in [6, 6.07) is 10.9. The van der Waals surface area contributed by atoms with Gasteiger partial charge in [0.05, 0.1) is 17.1 Å². The van der Waals surface area contributed by atoms with Crippen molar-refractivity contribution in [3.8, 4) is 5.75 Å². The number of methoxy groups -OCH3 is 1. The summed E-state index contributed by atoms with van der Waals surface area (Å²) >= 11 is 7.23. The van der Waals surface area contributed by atoms with Gasteiger partial charge in [-0.3, -0.25) is 4.79 Å². The minimum Gasteiger partial charge on any atom is -0.495 e. The maximum Gasteiger partial charge on any atom is 0.248 e. The van der Waals surface area contributed by atoms with Crippen LogP contribution in [0, 0.1) is 0 Å². The maximum atomic E-state index is 11.8. The van der Waals surface area contributed by atoms with Crippen molar-refractivity contribution in [3.05, 3.63) is 51.7 Å². The summed E-state index contributed by atoms with van der Waals surface area (Å²) in [6.07, 6.45) is 3.19. The molecular formula is C14H12ClNO2S. The number of ether oxygens (including phenoxy) is 1. The van der Waals surface area contributed by atoms with Crippen LogP contribution in [0.25, 0.3) is 6.08 Å². The average Bonchev–Trinajstić information content (AvgIpc) is 2.83. The van der Waals surface area contributed by atoms with Crippen LogP contribution in [0.4, 0.5) is 5.69 Å². The van der Waals surface area contributed by atoms with E-state index in [1.54, 1.807) is 31.4 Å². The van der Waals surface area contributed by atoms with Crippen molar-refractivity contribution in [2.45, 2.75) is 0 Å². The fraction of sp³-hybridized carbons (Fsp3) is 0.0714. The molecule has 0 radical (unpaired) electrons. The van der Waals surface area contributed by atoms with Gasteiger partial charge in [-0.1, -0.05) is 23.7 Å². The number of carbonyl (C=O) groups excluding carboxylic acids is 1. The van der Waals surface area contributed by atoms with E-state index in [-0.39, 0.29) is 5.91 Å². The zero-order valence-corrected chi connectivity index (χ0v) is 11.8. The molecule has 1 aromatic heterocycles. The van der Waals surface area contributed by atoms with E-state index in [0.717, 1.165) is 4.88 Å². The summed E-state index contributed by atoms with van der Waals surface area (Å²) in [5.41, 5.74) is 0.642. The van der Waals surface area contributed by atoms with Crippen LogP contribution >= 0.6 is 22.9 Å². The molecular weight excluding hydrogens is 282 g/mol. The van der Waals surface area contributed by atoms with E-state index in [4.69, 9.17) is 16.3 Å². The third-order valence-electron chi connectivity index (χ3n) is 2.36. The van der Waals surface area contributed by atoms with Gasteiger partial charge in [0, 0.05) is 11.0 Å². The molecule has 0 saturated carbocycles. The second-order valence-electron chi connectivity index (χ2n) is 3.66. The number of para-hydroxylation sites is 2. The summed E-state index contributed by atoms with van der Waals surface area (Å²) in [5, 5.41) is 2.76. The maximum absolute atomic E-state index is 11.8. The fourth-order valence-corrected chi connectivity index (χ4v) is 2.46. The van der Waals surface area contributed by atoms with Crippen molar-refractivity contribution in [1.82, 2.24) is 0 Å². The number of nitrogens with one attached hydrogen (secondary N) is 1. The summed E-state index contributed by atoms with van der Waals surface area (Å²) in [7, 11) is 1.56. The molecule has 0 bridgehead atoms. The summed E-state index contributed by atoms with van der Waals surface area (Å²) in [6.45, 7) is 0. The Kier molecular flexibility index (Phi) is 4.60. The van der Waals surface area contributed by atoms with E-state index in [1.165, 1.54) is 17.4 Å². The SMILES string of the molecule is COc1ccccc1NC(=O)/C=C/c1ccc(Cl)s1. The largest absolute Gasteiger partial charge is 0.495 e. The van der Waals surface area contributed by atoms with Gasteiger partial charge in [-0.25, -0.2) is 0 Å². The predicted octanol–water partition coefficient (Wildman–Crippen LogP) is 4.06. The lowest BCUT2D eigenvalue weighted by molar-refractivity contribution is -0.111. The van der Waals surface area contributed by atoms with Crippen molar-refractivity contribution >= 4 is 40.6 Å². The Bertz CT molecular complexity index is 607. The van der Waals surface area contributed by atoms with Crippen LogP contribution in [-0.4, -0.2) is 13.0 Å². The Morgan fingerprint density at radius 1 is 1.32 bits per heavy atom. The number of benzene rings is 1. The number of hydrogen-bond donors (Lipinski definition) is 1. The molecule has 1 heterocycles. The lowest BCUT2D eigenvalue weighted by Gasteiger charge is -2.07. The molecule has 2 rings (SSSR count). The Hall–Kier alpha value is -1.78. The smallest absolute Gasteiger partial charge is 0.248 e. The van der Waals surface area contributed by atoms with Crippen molar-refractivity contribution in [3.63, 3.8) is 0 Å². The molecule has 0 aliphatic rings. The average molecular weight is 294 g/mol. The Morgan fingerprint density at radius 2 is 2.11 bits per heavy atom. The first-order valence-corrected chi connectivity index (χ1v) is 6.76. The van der Waals surface area contributed by atoms with Gasteiger partial charge in [0.1, 0.15) is 5.75 Å². The highest BCUT2D eigenvalue weighted by Crippen LogP contribution is 2.24. The second-order valence-corrected chi connectivity index (χ2v) is 5.41. The van der Waals surface area contributed by atoms with Crippen LogP contribution < -0.4 is 10.1 Å². The molecule has 1 amide bonds. The summed E-state index contributed by atoms with van der Waals surface area (Å²) in [5.74, 6) is 0.414. The Balaban J connectivity index is 2.03. The number of rotatable bonds is 4. The van der Waals surface area contributed by atoms with Crippen molar-refractivity contribution < 1.29 is 9.53 Å². The topological polar surface area (TPSA) is 38.3 Å². The minimum absolute atomic E-state index is 0.214. The van der Waals surface area contributed by atoms with Crippen LogP contribution in [0.2, 0.25) is 4.34 Å². The molecule has 0 aliphatic carbocycles. The van der Waals surface area contributed by atoms with Crippen molar-refractivity contribution in [2.24, 2.45) is 0 Å². The van der Waals surface area contributed by atoms with Crippen LogP contribution in [0.15, 0.2) is 42.5 Å². The molecule has 1 aromatic carbocycles. The van der Waals surface area contributed by atoms with Gasteiger partial charge >= 0.3 is 0 Å². The zero-order valence-electron chi connectivity index (χ0n) is 10.2. The molecule has 0 atom stereocenters. The van der Waals surface area contributed by atoms with E-state index in [0.29, 0.717) is 15.8 Å². The lowest BCUT2D eigenvalue weighted by atomic mass is 10.3. The normalized spacial score (nSPS) is 10.6. The van der Waals surface area contributed by atoms with Gasteiger partial charge in [-0.15, -0.1) is 11.3 Å². The first-order chi connectivity index (χ1) is 9.19.